The summed E-state index contributed by atoms with van der Waals surface area (Å²) in [5.41, 5.74) is -0.416. The molecule has 144 valence electrons. The van der Waals surface area contributed by atoms with Crippen LogP contribution in [0.15, 0.2) is 30.5 Å². The number of carbonyl (C=O) groups excluding carboxylic acids is 1. The maximum Gasteiger partial charge on any atom is 0.416 e. The molecule has 27 heavy (non-hydrogen) atoms. The summed E-state index contributed by atoms with van der Waals surface area (Å²) in [5, 5.41) is 2.66. The number of rotatable bonds is 4. The Morgan fingerprint density at radius 3 is 2.67 bits per heavy atom. The fraction of sp³-hybridized carbons (Fsp3) is 0.389. The van der Waals surface area contributed by atoms with E-state index in [9.17, 15) is 18.0 Å². The molecular formula is C18H18ClF3N4O. The molecule has 1 saturated heterocycles. The predicted molar refractivity (Wildman–Crippen MR) is 95.7 cm³/mol. The lowest BCUT2D eigenvalue weighted by atomic mass is 10.1. The summed E-state index contributed by atoms with van der Waals surface area (Å²) in [5.74, 6) is -0.124. The number of carbonyl (C=O) groups is 1. The molecule has 0 radical (unpaired) electrons. The second kappa shape index (κ2) is 8.12. The van der Waals surface area contributed by atoms with Gasteiger partial charge in [0.25, 0.3) is 5.91 Å². The van der Waals surface area contributed by atoms with Gasteiger partial charge < -0.3 is 10.2 Å². The number of aromatic nitrogens is 2. The summed E-state index contributed by atoms with van der Waals surface area (Å²) in [7, 11) is 0. The van der Waals surface area contributed by atoms with E-state index in [0.29, 0.717) is 11.5 Å². The van der Waals surface area contributed by atoms with Gasteiger partial charge in [0.15, 0.2) is 5.69 Å². The highest BCUT2D eigenvalue weighted by Crippen LogP contribution is 2.29. The normalized spacial score (nSPS) is 14.9. The fourth-order valence-electron chi connectivity index (χ4n) is 2.89. The smallest absolute Gasteiger partial charge is 0.347 e. The zero-order valence-corrected chi connectivity index (χ0v) is 15.1. The van der Waals surface area contributed by atoms with Crippen molar-refractivity contribution in [3.8, 4) is 0 Å². The van der Waals surface area contributed by atoms with Crippen LogP contribution < -0.4 is 10.2 Å². The van der Waals surface area contributed by atoms with E-state index in [1.165, 1.54) is 18.3 Å². The average molecular weight is 399 g/mol. The number of nitrogens with zero attached hydrogens (tertiary/aromatic N) is 3. The molecule has 5 nitrogen and oxygen atoms in total. The SMILES string of the molecule is O=C(NCc1cccc(C(F)(F)F)c1)c1nc(N2CCCCC2)ncc1Cl. The van der Waals surface area contributed by atoms with Crippen LogP contribution in [0.5, 0.6) is 0 Å². The third-order valence-electron chi connectivity index (χ3n) is 4.29. The van der Waals surface area contributed by atoms with Crippen molar-refractivity contribution < 1.29 is 18.0 Å². The van der Waals surface area contributed by atoms with Crippen molar-refractivity contribution in [2.24, 2.45) is 0 Å². The molecule has 3 rings (SSSR count). The van der Waals surface area contributed by atoms with Gasteiger partial charge in [-0.3, -0.25) is 4.79 Å². The molecule has 1 aromatic carbocycles. The first kappa shape index (κ1) is 19.4. The maximum absolute atomic E-state index is 12.8. The maximum atomic E-state index is 12.8. The second-order valence-corrected chi connectivity index (χ2v) is 6.70. The Bertz CT molecular complexity index is 822. The van der Waals surface area contributed by atoms with Gasteiger partial charge in [0, 0.05) is 19.6 Å². The molecule has 2 aromatic rings. The number of amides is 1. The molecule has 0 bridgehead atoms. The lowest BCUT2D eigenvalue weighted by molar-refractivity contribution is -0.137. The van der Waals surface area contributed by atoms with Crippen molar-refractivity contribution in [1.29, 1.82) is 0 Å². The van der Waals surface area contributed by atoms with E-state index in [-0.39, 0.29) is 17.3 Å². The van der Waals surface area contributed by atoms with Gasteiger partial charge in [-0.05, 0) is 37.0 Å². The van der Waals surface area contributed by atoms with Gasteiger partial charge >= 0.3 is 6.18 Å². The Hall–Kier alpha value is -2.35. The van der Waals surface area contributed by atoms with Gasteiger partial charge in [-0.15, -0.1) is 0 Å². The van der Waals surface area contributed by atoms with E-state index in [0.717, 1.165) is 44.5 Å². The molecule has 9 heteroatoms. The van der Waals surface area contributed by atoms with Gasteiger partial charge in [0.1, 0.15) is 0 Å². The van der Waals surface area contributed by atoms with Crippen LogP contribution in [0.25, 0.3) is 0 Å². The summed E-state index contributed by atoms with van der Waals surface area (Å²) in [6.07, 6.45) is 0.150. The highest BCUT2D eigenvalue weighted by Gasteiger charge is 2.30. The van der Waals surface area contributed by atoms with Crippen LogP contribution in [0, 0.1) is 0 Å². The van der Waals surface area contributed by atoms with Crippen LogP contribution in [0.2, 0.25) is 5.02 Å². The summed E-state index contributed by atoms with van der Waals surface area (Å²) in [6.45, 7) is 1.56. The van der Waals surface area contributed by atoms with E-state index >= 15 is 0 Å². The molecule has 1 aromatic heterocycles. The van der Waals surface area contributed by atoms with Gasteiger partial charge in [-0.1, -0.05) is 23.7 Å². The number of alkyl halides is 3. The molecule has 0 saturated carbocycles. The third-order valence-corrected chi connectivity index (χ3v) is 4.57. The first-order valence-electron chi connectivity index (χ1n) is 8.56. The Morgan fingerprint density at radius 1 is 1.22 bits per heavy atom. The first-order chi connectivity index (χ1) is 12.8. The summed E-state index contributed by atoms with van der Waals surface area (Å²) in [6, 6.07) is 4.80. The predicted octanol–water partition coefficient (Wildman–Crippen LogP) is 4.07. The topological polar surface area (TPSA) is 58.1 Å². The second-order valence-electron chi connectivity index (χ2n) is 6.30. The van der Waals surface area contributed by atoms with E-state index < -0.39 is 17.6 Å². The molecule has 0 spiro atoms. The van der Waals surface area contributed by atoms with E-state index in [2.05, 4.69) is 15.3 Å². The lowest BCUT2D eigenvalue weighted by Gasteiger charge is -2.26. The fourth-order valence-corrected chi connectivity index (χ4v) is 3.06. The van der Waals surface area contributed by atoms with Crippen LogP contribution in [-0.2, 0) is 12.7 Å². The van der Waals surface area contributed by atoms with Gasteiger partial charge in [-0.2, -0.15) is 13.2 Å². The highest BCUT2D eigenvalue weighted by molar-refractivity contribution is 6.33. The van der Waals surface area contributed by atoms with Crippen LogP contribution in [-0.4, -0.2) is 29.0 Å². The van der Waals surface area contributed by atoms with Gasteiger partial charge in [0.2, 0.25) is 5.95 Å². The van der Waals surface area contributed by atoms with Crippen LogP contribution in [0.3, 0.4) is 0 Å². The van der Waals surface area contributed by atoms with Crippen molar-refractivity contribution in [1.82, 2.24) is 15.3 Å². The number of benzene rings is 1. The number of piperidine rings is 1. The number of nitrogens with one attached hydrogen (secondary N) is 1. The molecule has 0 unspecified atom stereocenters. The Balaban J connectivity index is 1.71. The average Bonchev–Trinajstić information content (AvgIpc) is 2.67. The Labute approximate surface area is 159 Å². The summed E-state index contributed by atoms with van der Waals surface area (Å²) in [4.78, 5) is 22.9. The number of hydrogen-bond donors (Lipinski definition) is 1. The highest BCUT2D eigenvalue weighted by atomic mass is 35.5. The molecular weight excluding hydrogens is 381 g/mol. The summed E-state index contributed by atoms with van der Waals surface area (Å²) < 4.78 is 38.3. The van der Waals surface area contributed by atoms with E-state index in [1.54, 1.807) is 0 Å². The number of halogens is 4. The molecule has 1 N–H and O–H groups in total. The largest absolute Gasteiger partial charge is 0.416 e. The van der Waals surface area contributed by atoms with Crippen molar-refractivity contribution >= 4 is 23.5 Å². The molecule has 1 aliphatic heterocycles. The Kier molecular flexibility index (Phi) is 5.84. The molecule has 0 atom stereocenters. The van der Waals surface area contributed by atoms with E-state index in [4.69, 9.17) is 11.6 Å². The molecule has 1 aliphatic rings. The van der Waals surface area contributed by atoms with Crippen LogP contribution in [0.1, 0.15) is 40.9 Å². The van der Waals surface area contributed by atoms with Crippen molar-refractivity contribution in [3.63, 3.8) is 0 Å². The van der Waals surface area contributed by atoms with E-state index in [1.807, 2.05) is 4.90 Å². The van der Waals surface area contributed by atoms with Crippen molar-refractivity contribution in [3.05, 3.63) is 52.3 Å². The first-order valence-corrected chi connectivity index (χ1v) is 8.94. The molecule has 1 fully saturated rings. The summed E-state index contributed by atoms with van der Waals surface area (Å²) >= 11 is 6.04. The molecule has 1 amide bonds. The third kappa shape index (κ3) is 4.88. The van der Waals surface area contributed by atoms with Crippen molar-refractivity contribution in [2.75, 3.05) is 18.0 Å². The van der Waals surface area contributed by atoms with Crippen molar-refractivity contribution in [2.45, 2.75) is 32.0 Å². The zero-order valence-electron chi connectivity index (χ0n) is 14.4. The zero-order chi connectivity index (χ0) is 19.4. The van der Waals surface area contributed by atoms with Crippen LogP contribution in [0.4, 0.5) is 19.1 Å². The number of hydrogen-bond acceptors (Lipinski definition) is 4. The monoisotopic (exact) mass is 398 g/mol. The number of anilines is 1. The molecule has 2 heterocycles. The standard InChI is InChI=1S/C18H18ClF3N4O/c19-14-11-24-17(26-7-2-1-3-8-26)25-15(14)16(27)23-10-12-5-4-6-13(9-12)18(20,21)22/h4-6,9,11H,1-3,7-8,10H2,(H,23,27). The lowest BCUT2D eigenvalue weighted by Crippen LogP contribution is -2.32. The van der Waals surface area contributed by atoms with Gasteiger partial charge in [0.05, 0.1) is 16.8 Å². The minimum Gasteiger partial charge on any atom is -0.347 e. The molecule has 0 aliphatic carbocycles. The van der Waals surface area contributed by atoms with Crippen LogP contribution >= 0.6 is 11.6 Å². The quantitative estimate of drug-likeness (QED) is 0.843. The Morgan fingerprint density at radius 2 is 1.96 bits per heavy atom. The minimum absolute atomic E-state index is 0.0132. The van der Waals surface area contributed by atoms with Gasteiger partial charge in [-0.25, -0.2) is 9.97 Å². The minimum atomic E-state index is -4.43.